The van der Waals surface area contributed by atoms with Gasteiger partial charge in [-0.15, -0.1) is 0 Å². The van der Waals surface area contributed by atoms with Gasteiger partial charge in [0.1, 0.15) is 17.1 Å². The van der Waals surface area contributed by atoms with Crippen LogP contribution in [0.3, 0.4) is 0 Å². The molecule has 4 nitrogen and oxygen atoms in total. The Hall–Kier alpha value is -2.36. The van der Waals surface area contributed by atoms with Gasteiger partial charge in [0.25, 0.3) is 0 Å². The molecular formula is C14H13NO3. The van der Waals surface area contributed by atoms with Gasteiger partial charge < -0.3 is 9.84 Å². The first-order valence-electron chi connectivity index (χ1n) is 5.51. The zero-order valence-corrected chi connectivity index (χ0v) is 10.2. The number of hydrogen-bond acceptors (Lipinski definition) is 3. The van der Waals surface area contributed by atoms with Gasteiger partial charge in [0.2, 0.25) is 0 Å². The summed E-state index contributed by atoms with van der Waals surface area (Å²) in [6.07, 6.45) is 1.31. The number of benzene rings is 1. The molecule has 0 aliphatic carbocycles. The Labute approximate surface area is 105 Å². The monoisotopic (exact) mass is 243 g/mol. The van der Waals surface area contributed by atoms with Gasteiger partial charge in [0.15, 0.2) is 0 Å². The van der Waals surface area contributed by atoms with Crippen LogP contribution in [0.1, 0.15) is 21.6 Å². The first-order valence-corrected chi connectivity index (χ1v) is 5.51. The van der Waals surface area contributed by atoms with Crippen molar-refractivity contribution in [2.24, 2.45) is 0 Å². The van der Waals surface area contributed by atoms with Gasteiger partial charge in [-0.2, -0.15) is 0 Å². The van der Waals surface area contributed by atoms with Gasteiger partial charge in [-0.3, -0.25) is 4.98 Å². The quantitative estimate of drug-likeness (QED) is 0.899. The van der Waals surface area contributed by atoms with Crippen molar-refractivity contribution in [3.05, 3.63) is 53.3 Å². The second-order valence-corrected chi connectivity index (χ2v) is 4.05. The molecule has 1 aromatic carbocycles. The standard InChI is InChI=1S/C14H13NO3/c1-9-4-3-5-11(6-9)18-13-7-10(2)15-8-12(13)14(16)17/h3-8H,1-2H3,(H,16,17). The molecule has 0 saturated carbocycles. The molecule has 0 spiro atoms. The Morgan fingerprint density at radius 2 is 2.06 bits per heavy atom. The molecule has 0 aliphatic heterocycles. The number of pyridine rings is 1. The van der Waals surface area contributed by atoms with Crippen molar-refractivity contribution in [1.82, 2.24) is 4.98 Å². The average molecular weight is 243 g/mol. The topological polar surface area (TPSA) is 59.4 Å². The zero-order valence-electron chi connectivity index (χ0n) is 10.2. The molecule has 0 bridgehead atoms. The van der Waals surface area contributed by atoms with Crippen molar-refractivity contribution in [3.63, 3.8) is 0 Å². The number of nitrogens with zero attached hydrogens (tertiary/aromatic N) is 1. The van der Waals surface area contributed by atoms with E-state index in [2.05, 4.69) is 4.98 Å². The van der Waals surface area contributed by atoms with E-state index in [1.807, 2.05) is 25.1 Å². The van der Waals surface area contributed by atoms with Crippen molar-refractivity contribution < 1.29 is 14.6 Å². The summed E-state index contributed by atoms with van der Waals surface area (Å²) in [5, 5.41) is 9.07. The van der Waals surface area contributed by atoms with E-state index in [1.54, 1.807) is 19.1 Å². The number of rotatable bonds is 3. The van der Waals surface area contributed by atoms with Crippen LogP contribution in [0, 0.1) is 13.8 Å². The molecule has 4 heteroatoms. The minimum Gasteiger partial charge on any atom is -0.477 e. The summed E-state index contributed by atoms with van der Waals surface area (Å²) in [5.74, 6) is -0.131. The predicted octanol–water partition coefficient (Wildman–Crippen LogP) is 3.19. The van der Waals surface area contributed by atoms with Crippen molar-refractivity contribution >= 4 is 5.97 Å². The summed E-state index contributed by atoms with van der Waals surface area (Å²) in [4.78, 5) is 15.0. The van der Waals surface area contributed by atoms with E-state index in [9.17, 15) is 4.79 Å². The highest BCUT2D eigenvalue weighted by molar-refractivity contribution is 5.90. The average Bonchev–Trinajstić information content (AvgIpc) is 2.28. The highest BCUT2D eigenvalue weighted by Gasteiger charge is 2.13. The lowest BCUT2D eigenvalue weighted by Crippen LogP contribution is -2.01. The Morgan fingerprint density at radius 1 is 1.28 bits per heavy atom. The van der Waals surface area contributed by atoms with Crippen LogP contribution in [0.4, 0.5) is 0 Å². The molecule has 0 saturated heterocycles. The second kappa shape index (κ2) is 4.87. The third-order valence-corrected chi connectivity index (χ3v) is 2.45. The van der Waals surface area contributed by atoms with Gasteiger partial charge in [-0.1, -0.05) is 12.1 Å². The zero-order chi connectivity index (χ0) is 13.1. The Bertz CT molecular complexity index is 593. The predicted molar refractivity (Wildman–Crippen MR) is 67.2 cm³/mol. The number of hydrogen-bond donors (Lipinski definition) is 1. The Balaban J connectivity index is 2.39. The van der Waals surface area contributed by atoms with Crippen LogP contribution < -0.4 is 4.74 Å². The van der Waals surface area contributed by atoms with Gasteiger partial charge in [-0.05, 0) is 31.5 Å². The van der Waals surface area contributed by atoms with Crippen LogP contribution >= 0.6 is 0 Å². The van der Waals surface area contributed by atoms with Crippen LogP contribution in [0.25, 0.3) is 0 Å². The number of carboxylic acid groups (broad SMARTS) is 1. The number of aryl methyl sites for hydroxylation is 2. The van der Waals surface area contributed by atoms with Crippen molar-refractivity contribution in [2.45, 2.75) is 13.8 Å². The van der Waals surface area contributed by atoms with Gasteiger partial charge in [0.05, 0.1) is 0 Å². The van der Waals surface area contributed by atoms with E-state index in [0.717, 1.165) is 5.56 Å². The Morgan fingerprint density at radius 3 is 2.72 bits per heavy atom. The molecule has 1 heterocycles. The van der Waals surface area contributed by atoms with Crippen LogP contribution in [0.5, 0.6) is 11.5 Å². The summed E-state index contributed by atoms with van der Waals surface area (Å²) < 4.78 is 5.61. The highest BCUT2D eigenvalue weighted by atomic mass is 16.5. The van der Waals surface area contributed by atoms with E-state index >= 15 is 0 Å². The fourth-order valence-electron chi connectivity index (χ4n) is 1.59. The van der Waals surface area contributed by atoms with E-state index in [-0.39, 0.29) is 5.56 Å². The van der Waals surface area contributed by atoms with E-state index < -0.39 is 5.97 Å². The molecule has 0 fully saturated rings. The molecule has 0 radical (unpaired) electrons. The third kappa shape index (κ3) is 2.66. The minimum atomic E-state index is -1.05. The van der Waals surface area contributed by atoms with Gasteiger partial charge >= 0.3 is 5.97 Å². The van der Waals surface area contributed by atoms with E-state index in [4.69, 9.17) is 9.84 Å². The first kappa shape index (κ1) is 12.1. The summed E-state index contributed by atoms with van der Waals surface area (Å²) in [6.45, 7) is 3.73. The molecule has 18 heavy (non-hydrogen) atoms. The molecular weight excluding hydrogens is 230 g/mol. The summed E-state index contributed by atoms with van der Waals surface area (Å²) in [5.41, 5.74) is 1.82. The largest absolute Gasteiger partial charge is 0.477 e. The lowest BCUT2D eigenvalue weighted by Gasteiger charge is -2.09. The third-order valence-electron chi connectivity index (χ3n) is 2.45. The molecule has 0 amide bonds. The minimum absolute atomic E-state index is 0.0575. The summed E-state index contributed by atoms with van der Waals surface area (Å²) >= 11 is 0. The highest BCUT2D eigenvalue weighted by Crippen LogP contribution is 2.26. The Kier molecular flexibility index (Phi) is 3.28. The number of ether oxygens (including phenoxy) is 1. The van der Waals surface area contributed by atoms with Crippen molar-refractivity contribution in [3.8, 4) is 11.5 Å². The molecule has 1 aromatic heterocycles. The number of carboxylic acids is 1. The lowest BCUT2D eigenvalue weighted by molar-refractivity contribution is 0.0693. The van der Waals surface area contributed by atoms with Gasteiger partial charge in [-0.25, -0.2) is 4.79 Å². The number of carbonyl (C=O) groups is 1. The molecule has 0 aliphatic rings. The van der Waals surface area contributed by atoms with Crippen molar-refractivity contribution in [1.29, 1.82) is 0 Å². The smallest absolute Gasteiger partial charge is 0.341 e. The maximum absolute atomic E-state index is 11.1. The molecule has 2 aromatic rings. The summed E-state index contributed by atoms with van der Waals surface area (Å²) in [7, 11) is 0. The maximum atomic E-state index is 11.1. The van der Waals surface area contributed by atoms with Crippen LogP contribution in [0.2, 0.25) is 0 Å². The number of aromatic carboxylic acids is 1. The fraction of sp³-hybridized carbons (Fsp3) is 0.143. The molecule has 1 N–H and O–H groups in total. The molecule has 0 atom stereocenters. The van der Waals surface area contributed by atoms with Crippen molar-refractivity contribution in [2.75, 3.05) is 0 Å². The fourth-order valence-corrected chi connectivity index (χ4v) is 1.59. The molecule has 92 valence electrons. The molecule has 2 rings (SSSR count). The lowest BCUT2D eigenvalue weighted by atomic mass is 10.2. The van der Waals surface area contributed by atoms with Crippen LogP contribution in [-0.2, 0) is 0 Å². The van der Waals surface area contributed by atoms with Gasteiger partial charge in [0, 0.05) is 18.0 Å². The number of aromatic nitrogens is 1. The summed E-state index contributed by atoms with van der Waals surface area (Å²) in [6, 6.07) is 9.06. The normalized spacial score (nSPS) is 10.1. The first-order chi connectivity index (χ1) is 8.56. The van der Waals surface area contributed by atoms with Crippen LogP contribution in [-0.4, -0.2) is 16.1 Å². The van der Waals surface area contributed by atoms with E-state index in [1.165, 1.54) is 6.20 Å². The second-order valence-electron chi connectivity index (χ2n) is 4.05. The van der Waals surface area contributed by atoms with Crippen LogP contribution in [0.15, 0.2) is 36.5 Å². The maximum Gasteiger partial charge on any atom is 0.341 e. The molecule has 0 unspecified atom stereocenters. The SMILES string of the molecule is Cc1cccc(Oc2cc(C)ncc2C(=O)O)c1. The van der Waals surface area contributed by atoms with E-state index in [0.29, 0.717) is 17.2 Å².